The number of benzene rings is 1. The Bertz CT molecular complexity index is 1300. The van der Waals surface area contributed by atoms with Gasteiger partial charge in [0, 0.05) is 23.8 Å². The zero-order valence-electron chi connectivity index (χ0n) is 17.0. The highest BCUT2D eigenvalue weighted by molar-refractivity contribution is 7.18. The Morgan fingerprint density at radius 1 is 1.27 bits per heavy atom. The fourth-order valence-corrected chi connectivity index (χ4v) is 5.00. The van der Waals surface area contributed by atoms with Gasteiger partial charge in [0.05, 0.1) is 15.9 Å². The van der Waals surface area contributed by atoms with E-state index in [1.165, 1.54) is 16.2 Å². The number of carbonyl (C=O) groups excluding carboxylic acids is 1. The van der Waals surface area contributed by atoms with Gasteiger partial charge in [0.1, 0.15) is 16.3 Å². The normalized spacial score (nSPS) is 13.5. The van der Waals surface area contributed by atoms with Crippen LogP contribution >= 0.6 is 11.3 Å². The van der Waals surface area contributed by atoms with Gasteiger partial charge in [0.25, 0.3) is 11.2 Å². The average molecular weight is 481 g/mol. The van der Waals surface area contributed by atoms with Crippen molar-refractivity contribution >= 4 is 38.8 Å². The lowest BCUT2D eigenvalue weighted by molar-refractivity contribution is -0.384. The molecule has 0 bridgehead atoms. The van der Waals surface area contributed by atoms with Gasteiger partial charge < -0.3 is 4.98 Å². The van der Waals surface area contributed by atoms with E-state index in [-0.39, 0.29) is 24.1 Å². The van der Waals surface area contributed by atoms with Crippen molar-refractivity contribution in [1.82, 2.24) is 15.4 Å². The first kappa shape index (κ1) is 22.7. The van der Waals surface area contributed by atoms with Crippen LogP contribution in [0, 0.1) is 10.1 Å². The number of thiophene rings is 1. The van der Waals surface area contributed by atoms with Crippen LogP contribution in [0.25, 0.3) is 10.2 Å². The van der Waals surface area contributed by atoms with Crippen molar-refractivity contribution in [3.8, 4) is 0 Å². The lowest BCUT2D eigenvalue weighted by Gasteiger charge is -2.11. The van der Waals surface area contributed by atoms with Crippen LogP contribution in [0.2, 0.25) is 0 Å². The van der Waals surface area contributed by atoms with Gasteiger partial charge in [-0.1, -0.05) is 0 Å². The lowest BCUT2D eigenvalue weighted by atomic mass is 9.97. The number of rotatable bonds is 6. The number of hydrazine groups is 1. The maximum Gasteiger partial charge on any atom is 0.416 e. The second-order valence-electron chi connectivity index (χ2n) is 7.56. The predicted molar refractivity (Wildman–Crippen MR) is 115 cm³/mol. The summed E-state index contributed by atoms with van der Waals surface area (Å²) < 4.78 is 38.4. The summed E-state index contributed by atoms with van der Waals surface area (Å²) in [5.41, 5.74) is 3.02. The summed E-state index contributed by atoms with van der Waals surface area (Å²) in [6.45, 7) is 0. The zero-order valence-corrected chi connectivity index (χ0v) is 17.9. The van der Waals surface area contributed by atoms with E-state index in [1.807, 2.05) is 0 Å². The number of aromatic nitrogens is 2. The summed E-state index contributed by atoms with van der Waals surface area (Å²) in [4.78, 5) is 43.8. The Labute approximate surface area is 188 Å². The largest absolute Gasteiger partial charge is 0.416 e. The van der Waals surface area contributed by atoms with Gasteiger partial charge in [0.2, 0.25) is 5.91 Å². The number of nitro benzene ring substituents is 1. The number of hydrogen-bond acceptors (Lipinski definition) is 7. The van der Waals surface area contributed by atoms with Crippen molar-refractivity contribution in [1.29, 1.82) is 0 Å². The number of carbonyl (C=O) groups is 1. The number of nitrogens with one attached hydrogen (secondary N) is 3. The van der Waals surface area contributed by atoms with Crippen molar-refractivity contribution < 1.29 is 22.9 Å². The van der Waals surface area contributed by atoms with Crippen LogP contribution < -0.4 is 16.4 Å². The highest BCUT2D eigenvalue weighted by Gasteiger charge is 2.33. The maximum atomic E-state index is 12.8. The molecule has 13 heteroatoms. The van der Waals surface area contributed by atoms with Crippen molar-refractivity contribution in [3.05, 3.63) is 60.5 Å². The molecule has 0 saturated heterocycles. The number of halogens is 3. The molecule has 0 fully saturated rings. The van der Waals surface area contributed by atoms with E-state index in [2.05, 4.69) is 20.8 Å². The minimum atomic E-state index is -4.74. The van der Waals surface area contributed by atoms with Crippen molar-refractivity contribution in [2.75, 3.05) is 5.43 Å². The summed E-state index contributed by atoms with van der Waals surface area (Å²) in [5.74, 6) is -0.251. The number of hydrogen-bond donors (Lipinski definition) is 3. The fourth-order valence-electron chi connectivity index (χ4n) is 3.72. The van der Waals surface area contributed by atoms with Crippen LogP contribution in [-0.4, -0.2) is 20.8 Å². The molecule has 174 valence electrons. The van der Waals surface area contributed by atoms with Gasteiger partial charge in [-0.3, -0.25) is 30.6 Å². The molecule has 0 unspecified atom stereocenters. The van der Waals surface area contributed by atoms with Gasteiger partial charge in [-0.05, 0) is 43.4 Å². The van der Waals surface area contributed by atoms with Gasteiger partial charge >= 0.3 is 6.18 Å². The number of aryl methyl sites for hydroxylation is 3. The third-order valence-electron chi connectivity index (χ3n) is 5.32. The van der Waals surface area contributed by atoms with E-state index in [0.717, 1.165) is 37.3 Å². The van der Waals surface area contributed by atoms with Crippen LogP contribution in [0.3, 0.4) is 0 Å². The molecule has 3 N–H and O–H groups in total. The number of aromatic amines is 1. The van der Waals surface area contributed by atoms with Gasteiger partial charge in [0.15, 0.2) is 0 Å². The Balaban J connectivity index is 1.41. The van der Waals surface area contributed by atoms with E-state index in [4.69, 9.17) is 0 Å². The molecule has 0 aliphatic heterocycles. The first-order valence-electron chi connectivity index (χ1n) is 10.1. The topological polar surface area (TPSA) is 130 Å². The summed E-state index contributed by atoms with van der Waals surface area (Å²) in [6.07, 6.45) is -0.852. The summed E-state index contributed by atoms with van der Waals surface area (Å²) >= 11 is 1.49. The van der Waals surface area contributed by atoms with Gasteiger partial charge in [-0.25, -0.2) is 4.98 Å². The smallest absolute Gasteiger partial charge is 0.310 e. The molecule has 3 aromatic rings. The Morgan fingerprint density at radius 2 is 2.03 bits per heavy atom. The predicted octanol–water partition coefficient (Wildman–Crippen LogP) is 3.87. The quantitative estimate of drug-likeness (QED) is 0.362. The van der Waals surface area contributed by atoms with Crippen molar-refractivity contribution in [2.24, 2.45) is 0 Å². The van der Waals surface area contributed by atoms with E-state index in [9.17, 15) is 32.9 Å². The van der Waals surface area contributed by atoms with Crippen molar-refractivity contribution in [3.63, 3.8) is 0 Å². The second-order valence-corrected chi connectivity index (χ2v) is 8.65. The Kier molecular flexibility index (Phi) is 6.06. The van der Waals surface area contributed by atoms with E-state index >= 15 is 0 Å². The molecule has 0 spiro atoms. The SMILES string of the molecule is O=C(CCc1nc2sc3c(c2c(=O)[nH]1)CCCC3)NNc1ccc(C(F)(F)F)cc1[N+](=O)[O-]. The van der Waals surface area contributed by atoms with E-state index < -0.39 is 28.3 Å². The number of alkyl halides is 3. The Morgan fingerprint density at radius 3 is 2.76 bits per heavy atom. The standard InChI is InChI=1S/C20H18F3N5O4S/c21-20(22,23)10-5-6-12(13(9-10)28(31)32)26-27-16(29)8-7-15-24-18(30)17-11-3-1-2-4-14(11)33-19(17)25-15/h5-6,9,26H,1-4,7-8H2,(H,27,29)(H,24,25,30). The number of H-pyrrole nitrogens is 1. The molecule has 1 amide bonds. The van der Waals surface area contributed by atoms with Crippen LogP contribution in [0.4, 0.5) is 24.5 Å². The molecule has 1 aliphatic carbocycles. The number of anilines is 1. The van der Waals surface area contributed by atoms with Gasteiger partial charge in [-0.15, -0.1) is 11.3 Å². The third-order valence-corrected chi connectivity index (χ3v) is 6.51. The minimum absolute atomic E-state index is 0.108. The maximum absolute atomic E-state index is 12.8. The molecule has 0 atom stereocenters. The molecule has 9 nitrogen and oxygen atoms in total. The average Bonchev–Trinajstić information content (AvgIpc) is 3.14. The molecule has 2 aromatic heterocycles. The first-order valence-corrected chi connectivity index (χ1v) is 10.9. The fraction of sp³-hybridized carbons (Fsp3) is 0.350. The van der Waals surface area contributed by atoms with Crippen LogP contribution in [0.5, 0.6) is 0 Å². The van der Waals surface area contributed by atoms with E-state index in [0.29, 0.717) is 28.2 Å². The summed E-state index contributed by atoms with van der Waals surface area (Å²) in [5, 5.41) is 11.7. The number of nitro groups is 1. The minimum Gasteiger partial charge on any atom is -0.310 e. The zero-order chi connectivity index (χ0) is 23.8. The third kappa shape index (κ3) is 4.82. The molecular weight excluding hydrogens is 463 g/mol. The summed E-state index contributed by atoms with van der Waals surface area (Å²) in [6, 6.07) is 1.93. The van der Waals surface area contributed by atoms with Crippen molar-refractivity contribution in [2.45, 2.75) is 44.7 Å². The van der Waals surface area contributed by atoms with Crippen LogP contribution in [-0.2, 0) is 30.2 Å². The summed E-state index contributed by atoms with van der Waals surface area (Å²) in [7, 11) is 0. The van der Waals surface area contributed by atoms with Crippen LogP contribution in [0.15, 0.2) is 23.0 Å². The molecule has 2 heterocycles. The first-order chi connectivity index (χ1) is 15.6. The monoisotopic (exact) mass is 481 g/mol. The second kappa shape index (κ2) is 8.81. The van der Waals surface area contributed by atoms with E-state index in [1.54, 1.807) is 0 Å². The number of nitrogens with zero attached hydrogens (tertiary/aromatic N) is 2. The number of fused-ring (bicyclic) bond motifs is 3. The Hall–Kier alpha value is -3.48. The molecule has 1 aliphatic rings. The molecule has 0 saturated carbocycles. The highest BCUT2D eigenvalue weighted by atomic mass is 32.1. The lowest BCUT2D eigenvalue weighted by Crippen LogP contribution is -2.30. The molecule has 0 radical (unpaired) electrons. The molecule has 33 heavy (non-hydrogen) atoms. The van der Waals surface area contributed by atoms with Gasteiger partial charge in [-0.2, -0.15) is 13.2 Å². The number of amides is 1. The van der Waals surface area contributed by atoms with Crippen LogP contribution in [0.1, 0.15) is 41.1 Å². The molecular formula is C20H18F3N5O4S. The molecule has 1 aromatic carbocycles. The highest BCUT2D eigenvalue weighted by Crippen LogP contribution is 2.35. The molecule has 4 rings (SSSR count).